The first-order valence-electron chi connectivity index (χ1n) is 8.99. The third-order valence-electron chi connectivity index (χ3n) is 4.98. The Kier molecular flexibility index (Phi) is 3.95. The molecule has 0 radical (unpaired) electrons. The molecule has 0 saturated heterocycles. The van der Waals surface area contributed by atoms with Crippen molar-refractivity contribution in [2.24, 2.45) is 0 Å². The maximum absolute atomic E-state index is 12.8. The topological polar surface area (TPSA) is 60.9 Å². The minimum Gasteiger partial charge on any atom is -0.398 e. The van der Waals surface area contributed by atoms with E-state index >= 15 is 0 Å². The zero-order valence-corrected chi connectivity index (χ0v) is 15.8. The monoisotopic (exact) mass is 383 g/mol. The van der Waals surface area contributed by atoms with Crippen molar-refractivity contribution in [2.45, 2.75) is 6.54 Å². The highest BCUT2D eigenvalue weighted by atomic mass is 32.1. The SMILES string of the molecule is Nc1cccc2ncn(Cc3ccc(-c4ccc5ccsc5c4)cc3)c(=O)c12. The number of fused-ring (bicyclic) bond motifs is 2. The van der Waals surface area contributed by atoms with Gasteiger partial charge < -0.3 is 5.73 Å². The molecular weight excluding hydrogens is 366 g/mol. The molecule has 28 heavy (non-hydrogen) atoms. The van der Waals surface area contributed by atoms with Crippen molar-refractivity contribution >= 4 is 38.0 Å². The lowest BCUT2D eigenvalue weighted by molar-refractivity contribution is 0.748. The van der Waals surface area contributed by atoms with Crippen LogP contribution in [-0.2, 0) is 6.54 Å². The highest BCUT2D eigenvalue weighted by Crippen LogP contribution is 2.28. The van der Waals surface area contributed by atoms with Gasteiger partial charge in [0.25, 0.3) is 5.56 Å². The summed E-state index contributed by atoms with van der Waals surface area (Å²) in [6.07, 6.45) is 1.59. The highest BCUT2D eigenvalue weighted by molar-refractivity contribution is 7.17. The van der Waals surface area contributed by atoms with Crippen LogP contribution in [0.2, 0.25) is 0 Å². The summed E-state index contributed by atoms with van der Waals surface area (Å²) in [7, 11) is 0. The predicted molar refractivity (Wildman–Crippen MR) is 117 cm³/mol. The average Bonchev–Trinajstić information content (AvgIpc) is 3.18. The van der Waals surface area contributed by atoms with Crippen molar-refractivity contribution in [3.8, 4) is 11.1 Å². The minimum atomic E-state index is -0.115. The van der Waals surface area contributed by atoms with Crippen LogP contribution in [0.3, 0.4) is 0 Å². The van der Waals surface area contributed by atoms with E-state index in [0.29, 0.717) is 23.1 Å². The number of hydrogen-bond donors (Lipinski definition) is 1. The molecule has 5 heteroatoms. The molecule has 5 rings (SSSR count). The molecular formula is C23H17N3OS. The van der Waals surface area contributed by atoms with Gasteiger partial charge in [-0.2, -0.15) is 0 Å². The van der Waals surface area contributed by atoms with Gasteiger partial charge in [-0.25, -0.2) is 4.98 Å². The van der Waals surface area contributed by atoms with Crippen molar-refractivity contribution in [3.05, 3.63) is 94.4 Å². The Balaban J connectivity index is 1.46. The molecule has 136 valence electrons. The molecule has 0 aliphatic carbocycles. The van der Waals surface area contributed by atoms with Gasteiger partial charge in [0.05, 0.1) is 23.8 Å². The fraction of sp³-hybridized carbons (Fsp3) is 0.0435. The van der Waals surface area contributed by atoms with Gasteiger partial charge in [-0.3, -0.25) is 9.36 Å². The summed E-state index contributed by atoms with van der Waals surface area (Å²) in [4.78, 5) is 17.2. The molecule has 0 fully saturated rings. The second-order valence-electron chi connectivity index (χ2n) is 6.79. The largest absolute Gasteiger partial charge is 0.398 e. The summed E-state index contributed by atoms with van der Waals surface area (Å²) in [5.41, 5.74) is 10.3. The Labute approximate surface area is 165 Å². The van der Waals surface area contributed by atoms with Gasteiger partial charge in [0.1, 0.15) is 0 Å². The lowest BCUT2D eigenvalue weighted by atomic mass is 10.0. The van der Waals surface area contributed by atoms with Crippen LogP contribution in [0, 0.1) is 0 Å². The first-order valence-corrected chi connectivity index (χ1v) is 9.87. The number of aromatic nitrogens is 2. The van der Waals surface area contributed by atoms with E-state index in [-0.39, 0.29) is 5.56 Å². The molecule has 5 aromatic rings. The maximum Gasteiger partial charge on any atom is 0.263 e. The molecule has 2 N–H and O–H groups in total. The van der Waals surface area contributed by atoms with Crippen molar-refractivity contribution in [3.63, 3.8) is 0 Å². The molecule has 0 unspecified atom stereocenters. The number of rotatable bonds is 3. The van der Waals surface area contributed by atoms with E-state index in [1.807, 2.05) is 0 Å². The lowest BCUT2D eigenvalue weighted by Crippen LogP contribution is -2.22. The third kappa shape index (κ3) is 2.86. The molecule has 2 aromatic heterocycles. The second kappa shape index (κ2) is 6.62. The Morgan fingerprint density at radius 1 is 0.964 bits per heavy atom. The number of thiophene rings is 1. The number of nitrogens with zero attached hydrogens (tertiary/aromatic N) is 2. The predicted octanol–water partition coefficient (Wildman–Crippen LogP) is 4.91. The van der Waals surface area contributed by atoms with E-state index in [9.17, 15) is 4.79 Å². The Morgan fingerprint density at radius 3 is 2.64 bits per heavy atom. The van der Waals surface area contributed by atoms with Crippen molar-refractivity contribution < 1.29 is 0 Å². The molecule has 0 aliphatic rings. The van der Waals surface area contributed by atoms with Gasteiger partial charge in [0.15, 0.2) is 0 Å². The zero-order valence-electron chi connectivity index (χ0n) is 15.0. The van der Waals surface area contributed by atoms with Gasteiger partial charge in [0, 0.05) is 10.4 Å². The number of hydrogen-bond acceptors (Lipinski definition) is 4. The fourth-order valence-electron chi connectivity index (χ4n) is 3.47. The number of benzene rings is 3. The first-order chi connectivity index (χ1) is 13.7. The molecule has 0 amide bonds. The summed E-state index contributed by atoms with van der Waals surface area (Å²) in [6, 6.07) is 22.3. The van der Waals surface area contributed by atoms with E-state index in [1.54, 1.807) is 40.4 Å². The molecule has 0 aliphatic heterocycles. The summed E-state index contributed by atoms with van der Waals surface area (Å²) >= 11 is 1.75. The standard InChI is InChI=1S/C23H17N3OS/c24-19-2-1-3-20-22(19)23(27)26(14-25-20)13-15-4-6-16(7-5-15)18-9-8-17-10-11-28-21(17)12-18/h1-12,14H,13,24H2. The Hall–Kier alpha value is -3.44. The van der Waals surface area contributed by atoms with Gasteiger partial charge in [-0.15, -0.1) is 11.3 Å². The van der Waals surface area contributed by atoms with E-state index < -0.39 is 0 Å². The summed E-state index contributed by atoms with van der Waals surface area (Å²) in [5.74, 6) is 0. The second-order valence-corrected chi connectivity index (χ2v) is 7.74. The van der Waals surface area contributed by atoms with Crippen LogP contribution < -0.4 is 11.3 Å². The van der Waals surface area contributed by atoms with Gasteiger partial charge >= 0.3 is 0 Å². The van der Waals surface area contributed by atoms with Crippen LogP contribution in [0.15, 0.2) is 83.2 Å². The minimum absolute atomic E-state index is 0.115. The molecule has 0 spiro atoms. The molecule has 0 saturated carbocycles. The zero-order chi connectivity index (χ0) is 19.1. The molecule has 3 aromatic carbocycles. The summed E-state index contributed by atoms with van der Waals surface area (Å²) in [6.45, 7) is 0.459. The Morgan fingerprint density at radius 2 is 1.79 bits per heavy atom. The van der Waals surface area contributed by atoms with Crippen LogP contribution in [0.1, 0.15) is 5.56 Å². The van der Waals surface area contributed by atoms with Gasteiger partial charge in [-0.05, 0) is 51.7 Å². The smallest absolute Gasteiger partial charge is 0.263 e. The average molecular weight is 383 g/mol. The van der Waals surface area contributed by atoms with E-state index in [1.165, 1.54) is 15.6 Å². The van der Waals surface area contributed by atoms with Crippen molar-refractivity contribution in [1.29, 1.82) is 0 Å². The molecule has 0 bridgehead atoms. The Bertz CT molecular complexity index is 1370. The van der Waals surface area contributed by atoms with Gasteiger partial charge in [-0.1, -0.05) is 42.5 Å². The van der Waals surface area contributed by atoms with Crippen LogP contribution in [0.5, 0.6) is 0 Å². The van der Waals surface area contributed by atoms with Gasteiger partial charge in [0.2, 0.25) is 0 Å². The fourth-order valence-corrected chi connectivity index (χ4v) is 4.30. The number of nitrogen functional groups attached to an aromatic ring is 1. The van der Waals surface area contributed by atoms with Crippen molar-refractivity contribution in [1.82, 2.24) is 9.55 Å². The quantitative estimate of drug-likeness (QED) is 0.450. The van der Waals surface area contributed by atoms with E-state index in [2.05, 4.69) is 58.9 Å². The highest BCUT2D eigenvalue weighted by Gasteiger charge is 2.08. The molecule has 0 atom stereocenters. The summed E-state index contributed by atoms with van der Waals surface area (Å²) < 4.78 is 2.89. The van der Waals surface area contributed by atoms with E-state index in [0.717, 1.165) is 11.1 Å². The molecule has 2 heterocycles. The maximum atomic E-state index is 12.8. The molecule has 4 nitrogen and oxygen atoms in total. The summed E-state index contributed by atoms with van der Waals surface area (Å²) in [5, 5.41) is 3.86. The normalized spacial score (nSPS) is 11.3. The van der Waals surface area contributed by atoms with Crippen LogP contribution >= 0.6 is 11.3 Å². The van der Waals surface area contributed by atoms with E-state index in [4.69, 9.17) is 5.73 Å². The van der Waals surface area contributed by atoms with Crippen LogP contribution in [0.25, 0.3) is 32.1 Å². The van der Waals surface area contributed by atoms with Crippen molar-refractivity contribution in [2.75, 3.05) is 5.73 Å². The van der Waals surface area contributed by atoms with Crippen LogP contribution in [0.4, 0.5) is 5.69 Å². The number of anilines is 1. The first kappa shape index (κ1) is 16.7. The lowest BCUT2D eigenvalue weighted by Gasteiger charge is -2.09. The third-order valence-corrected chi connectivity index (χ3v) is 5.86. The van der Waals surface area contributed by atoms with Crippen LogP contribution in [-0.4, -0.2) is 9.55 Å². The number of nitrogens with two attached hydrogens (primary N) is 1.